The number of aliphatic hydroxyl groups is 1. The fourth-order valence-corrected chi connectivity index (χ4v) is 3.78. The van der Waals surface area contributed by atoms with E-state index < -0.39 is 29.3 Å². The third-order valence-corrected chi connectivity index (χ3v) is 5.35. The van der Waals surface area contributed by atoms with Crippen LogP contribution in [0.25, 0.3) is 0 Å². The van der Waals surface area contributed by atoms with Crippen LogP contribution in [0.1, 0.15) is 66.2 Å². The van der Waals surface area contributed by atoms with Crippen LogP contribution in [0.5, 0.6) is 0 Å². The van der Waals surface area contributed by atoms with E-state index in [-0.39, 0.29) is 44.4 Å². The largest absolute Gasteiger partial charge is 0.464 e. The molecule has 28 heavy (non-hydrogen) atoms. The van der Waals surface area contributed by atoms with Crippen LogP contribution < -0.4 is 5.32 Å². The number of ether oxygens (including phenoxy) is 2. The Bertz CT molecular complexity index is 572. The van der Waals surface area contributed by atoms with Gasteiger partial charge >= 0.3 is 12.1 Å². The first-order valence-corrected chi connectivity index (χ1v) is 10.2. The van der Waals surface area contributed by atoms with Gasteiger partial charge in [-0.1, -0.05) is 12.8 Å². The maximum Gasteiger partial charge on any atom is 0.410 e. The molecule has 0 aromatic rings. The molecule has 2 fully saturated rings. The summed E-state index contributed by atoms with van der Waals surface area (Å²) in [5.74, 6) is -0.969. The van der Waals surface area contributed by atoms with Gasteiger partial charge in [0.15, 0.2) is 6.04 Å². The van der Waals surface area contributed by atoms with Crippen LogP contribution in [0.15, 0.2) is 0 Å². The van der Waals surface area contributed by atoms with Crippen molar-refractivity contribution in [3.05, 3.63) is 0 Å². The number of rotatable bonds is 5. The van der Waals surface area contributed by atoms with Crippen molar-refractivity contribution in [1.29, 1.82) is 0 Å². The highest BCUT2D eigenvalue weighted by molar-refractivity contribution is 5.87. The minimum Gasteiger partial charge on any atom is -0.464 e. The minimum atomic E-state index is -1.46. The van der Waals surface area contributed by atoms with Gasteiger partial charge in [0.1, 0.15) is 5.60 Å². The molecule has 2 amide bonds. The highest BCUT2D eigenvalue weighted by atomic mass is 16.6. The third kappa shape index (κ3) is 5.83. The van der Waals surface area contributed by atoms with E-state index in [2.05, 4.69) is 5.32 Å². The van der Waals surface area contributed by atoms with Crippen molar-refractivity contribution in [3.63, 3.8) is 0 Å². The number of nitrogens with zero attached hydrogens (tertiary/aromatic N) is 1. The molecular formula is C20H34N2O6. The predicted molar refractivity (Wildman–Crippen MR) is 103 cm³/mol. The van der Waals surface area contributed by atoms with Crippen molar-refractivity contribution in [1.82, 2.24) is 10.2 Å². The number of carbonyl (C=O) groups is 3. The number of hydrogen-bond donors (Lipinski definition) is 2. The summed E-state index contributed by atoms with van der Waals surface area (Å²) in [5.41, 5.74) is -2.06. The number of hydrogen-bond acceptors (Lipinski definition) is 6. The molecule has 1 heterocycles. The summed E-state index contributed by atoms with van der Waals surface area (Å²) in [6.07, 6.45) is 3.45. The monoisotopic (exact) mass is 398 g/mol. The van der Waals surface area contributed by atoms with Crippen LogP contribution in [0, 0.1) is 5.92 Å². The second-order valence-electron chi connectivity index (χ2n) is 8.75. The molecule has 0 radical (unpaired) electrons. The first-order chi connectivity index (χ1) is 13.1. The van der Waals surface area contributed by atoms with Crippen molar-refractivity contribution in [3.8, 4) is 0 Å². The zero-order valence-corrected chi connectivity index (χ0v) is 17.5. The minimum absolute atomic E-state index is 0.123. The van der Waals surface area contributed by atoms with Gasteiger partial charge in [0, 0.05) is 19.0 Å². The van der Waals surface area contributed by atoms with Crippen LogP contribution >= 0.6 is 0 Å². The summed E-state index contributed by atoms with van der Waals surface area (Å²) in [6.45, 7) is 7.69. The molecule has 1 unspecified atom stereocenters. The van der Waals surface area contributed by atoms with Gasteiger partial charge in [-0.05, 0) is 53.4 Å². The molecular weight excluding hydrogens is 364 g/mol. The van der Waals surface area contributed by atoms with Crippen LogP contribution in [0.3, 0.4) is 0 Å². The normalized spacial score (nSPS) is 21.1. The first kappa shape index (κ1) is 22.5. The first-order valence-electron chi connectivity index (χ1n) is 10.2. The molecule has 0 spiro atoms. The van der Waals surface area contributed by atoms with E-state index in [0.717, 1.165) is 25.7 Å². The molecule has 1 aliphatic heterocycles. The Hall–Kier alpha value is -1.83. The molecule has 2 aliphatic rings. The number of carbonyl (C=O) groups excluding carboxylic acids is 3. The molecule has 1 aliphatic carbocycles. The summed E-state index contributed by atoms with van der Waals surface area (Å²) in [7, 11) is 0. The van der Waals surface area contributed by atoms with Crippen LogP contribution in [0.2, 0.25) is 0 Å². The molecule has 2 N–H and O–H groups in total. The van der Waals surface area contributed by atoms with E-state index in [4.69, 9.17) is 9.47 Å². The average Bonchev–Trinajstić information content (AvgIpc) is 3.13. The lowest BCUT2D eigenvalue weighted by Crippen LogP contribution is -2.62. The average molecular weight is 399 g/mol. The third-order valence-electron chi connectivity index (χ3n) is 5.35. The zero-order valence-electron chi connectivity index (χ0n) is 17.5. The predicted octanol–water partition coefficient (Wildman–Crippen LogP) is 1.99. The topological polar surface area (TPSA) is 105 Å². The number of likely N-dealkylation sites (tertiary alicyclic amines) is 1. The van der Waals surface area contributed by atoms with Crippen LogP contribution in [-0.4, -0.2) is 64.9 Å². The molecule has 0 bridgehead atoms. The van der Waals surface area contributed by atoms with Gasteiger partial charge in [-0.25, -0.2) is 9.59 Å². The van der Waals surface area contributed by atoms with Crippen LogP contribution in [0.4, 0.5) is 4.79 Å². The van der Waals surface area contributed by atoms with E-state index in [9.17, 15) is 19.5 Å². The molecule has 8 heteroatoms. The Morgan fingerprint density at radius 2 is 1.75 bits per heavy atom. The van der Waals surface area contributed by atoms with E-state index in [1.165, 1.54) is 4.90 Å². The molecule has 160 valence electrons. The Labute approximate surface area is 166 Å². The van der Waals surface area contributed by atoms with Crippen LogP contribution in [-0.2, 0) is 19.1 Å². The van der Waals surface area contributed by atoms with Gasteiger partial charge in [0.05, 0.1) is 12.2 Å². The van der Waals surface area contributed by atoms with Gasteiger partial charge in [-0.3, -0.25) is 4.79 Å². The maximum absolute atomic E-state index is 12.6. The van der Waals surface area contributed by atoms with Gasteiger partial charge in [0.2, 0.25) is 5.91 Å². The van der Waals surface area contributed by atoms with Gasteiger partial charge in [0.25, 0.3) is 0 Å². The lowest BCUT2D eigenvalue weighted by atomic mass is 9.83. The number of esters is 1. The highest BCUT2D eigenvalue weighted by Crippen LogP contribution is 2.30. The second-order valence-corrected chi connectivity index (χ2v) is 8.75. The van der Waals surface area contributed by atoms with E-state index >= 15 is 0 Å². The summed E-state index contributed by atoms with van der Waals surface area (Å²) < 4.78 is 10.5. The number of amides is 2. The SMILES string of the molecule is CCOC(=O)C(NC(=O)C1CCCC1)C1(O)CCN(C(=O)OC(C)(C)C)CC1. The second kappa shape index (κ2) is 9.11. The van der Waals surface area contributed by atoms with Crippen molar-refractivity contribution in [2.24, 2.45) is 5.92 Å². The van der Waals surface area contributed by atoms with Gasteiger partial charge in [-0.2, -0.15) is 0 Å². The number of nitrogens with one attached hydrogen (secondary N) is 1. The van der Waals surface area contributed by atoms with Crippen molar-refractivity contribution in [2.75, 3.05) is 19.7 Å². The molecule has 8 nitrogen and oxygen atoms in total. The standard InChI is InChI=1S/C20H34N2O6/c1-5-27-17(24)15(21-16(23)14-8-6-7-9-14)20(26)10-12-22(13-11-20)18(25)28-19(2,3)4/h14-15,26H,5-13H2,1-4H3,(H,21,23). The van der Waals surface area contributed by atoms with E-state index in [0.29, 0.717) is 0 Å². The lowest BCUT2D eigenvalue weighted by molar-refractivity contribution is -0.159. The van der Waals surface area contributed by atoms with Gasteiger partial charge in [-0.15, -0.1) is 0 Å². The summed E-state index contributed by atoms with van der Waals surface area (Å²) in [6, 6.07) is -1.14. The van der Waals surface area contributed by atoms with E-state index in [1.54, 1.807) is 27.7 Å². The summed E-state index contributed by atoms with van der Waals surface area (Å²) in [5, 5.41) is 13.9. The molecule has 1 atom stereocenters. The smallest absolute Gasteiger partial charge is 0.410 e. The summed E-state index contributed by atoms with van der Waals surface area (Å²) >= 11 is 0. The fourth-order valence-electron chi connectivity index (χ4n) is 3.78. The molecule has 0 aromatic carbocycles. The molecule has 1 saturated heterocycles. The highest BCUT2D eigenvalue weighted by Gasteiger charge is 2.47. The maximum atomic E-state index is 12.6. The molecule has 2 rings (SSSR count). The Morgan fingerprint density at radius 1 is 1.18 bits per heavy atom. The Morgan fingerprint density at radius 3 is 2.25 bits per heavy atom. The fraction of sp³-hybridized carbons (Fsp3) is 0.850. The van der Waals surface area contributed by atoms with E-state index in [1.807, 2.05) is 0 Å². The quantitative estimate of drug-likeness (QED) is 0.686. The molecule has 0 aromatic heterocycles. The zero-order chi connectivity index (χ0) is 20.9. The van der Waals surface area contributed by atoms with Crippen molar-refractivity contribution < 1.29 is 29.0 Å². The molecule has 1 saturated carbocycles. The Kier molecular flexibility index (Phi) is 7.31. The van der Waals surface area contributed by atoms with Gasteiger partial charge < -0.3 is 24.8 Å². The number of piperidine rings is 1. The Balaban J connectivity index is 2.04. The lowest BCUT2D eigenvalue weighted by Gasteiger charge is -2.42. The van der Waals surface area contributed by atoms with Crippen molar-refractivity contribution >= 4 is 18.0 Å². The van der Waals surface area contributed by atoms with Crippen molar-refractivity contribution in [2.45, 2.75) is 83.5 Å². The summed E-state index contributed by atoms with van der Waals surface area (Å²) in [4.78, 5) is 38.8.